The summed E-state index contributed by atoms with van der Waals surface area (Å²) in [6, 6.07) is 0. The molecule has 2 N–H and O–H groups in total. The SMILES string of the molecule is [NH]CCCCCCS(=O)(=O)O. The van der Waals surface area contributed by atoms with Gasteiger partial charge in [-0.3, -0.25) is 10.3 Å². The van der Waals surface area contributed by atoms with Crippen LogP contribution in [0.2, 0.25) is 0 Å². The van der Waals surface area contributed by atoms with Gasteiger partial charge < -0.3 is 0 Å². The lowest BCUT2D eigenvalue weighted by Crippen LogP contribution is -2.03. The first-order valence-electron chi connectivity index (χ1n) is 3.66. The van der Waals surface area contributed by atoms with Crippen LogP contribution in [0.4, 0.5) is 0 Å². The van der Waals surface area contributed by atoms with Crippen LogP contribution in [0.1, 0.15) is 25.7 Å². The average Bonchev–Trinajstić information content (AvgIpc) is 1.85. The molecular weight excluding hydrogens is 166 g/mol. The van der Waals surface area contributed by atoms with E-state index in [9.17, 15) is 8.42 Å². The lowest BCUT2D eigenvalue weighted by atomic mass is 10.2. The summed E-state index contributed by atoms with van der Waals surface area (Å²) in [4.78, 5) is 0. The van der Waals surface area contributed by atoms with E-state index in [-0.39, 0.29) is 5.75 Å². The molecule has 0 heterocycles. The molecular formula is C6H14NO3S. The zero-order valence-electron chi connectivity index (χ0n) is 6.41. The highest BCUT2D eigenvalue weighted by Crippen LogP contribution is 2.00. The lowest BCUT2D eigenvalue weighted by Gasteiger charge is -1.96. The highest BCUT2D eigenvalue weighted by atomic mass is 32.2. The van der Waals surface area contributed by atoms with Crippen molar-refractivity contribution in [1.82, 2.24) is 5.73 Å². The minimum atomic E-state index is -3.76. The fourth-order valence-electron chi connectivity index (χ4n) is 0.763. The van der Waals surface area contributed by atoms with Gasteiger partial charge in [0, 0.05) is 6.54 Å². The van der Waals surface area contributed by atoms with Gasteiger partial charge in [0.15, 0.2) is 0 Å². The average molecular weight is 180 g/mol. The molecule has 0 saturated carbocycles. The molecule has 0 amide bonds. The van der Waals surface area contributed by atoms with Crippen LogP contribution in [0.25, 0.3) is 0 Å². The normalized spacial score (nSPS) is 11.8. The second-order valence-corrected chi connectivity index (χ2v) is 4.02. The van der Waals surface area contributed by atoms with Gasteiger partial charge in [-0.2, -0.15) is 8.42 Å². The Morgan fingerprint density at radius 3 is 2.09 bits per heavy atom. The maximum absolute atomic E-state index is 10.2. The molecule has 0 spiro atoms. The minimum Gasteiger partial charge on any atom is -0.286 e. The third kappa shape index (κ3) is 9.87. The Kier molecular flexibility index (Phi) is 5.45. The molecule has 5 heteroatoms. The monoisotopic (exact) mass is 180 g/mol. The Bertz CT molecular complexity index is 176. The molecule has 0 atom stereocenters. The quantitative estimate of drug-likeness (QED) is 0.483. The lowest BCUT2D eigenvalue weighted by molar-refractivity contribution is 0.479. The predicted molar refractivity (Wildman–Crippen MR) is 42.8 cm³/mol. The molecule has 0 aromatic heterocycles. The summed E-state index contributed by atoms with van der Waals surface area (Å²) in [5.74, 6) is -0.148. The molecule has 11 heavy (non-hydrogen) atoms. The van der Waals surface area contributed by atoms with Crippen LogP contribution in [-0.4, -0.2) is 25.3 Å². The van der Waals surface area contributed by atoms with Crippen LogP contribution in [0, 0.1) is 0 Å². The van der Waals surface area contributed by atoms with Crippen LogP contribution in [0.3, 0.4) is 0 Å². The van der Waals surface area contributed by atoms with Gasteiger partial charge in [0.05, 0.1) is 5.75 Å². The zero-order valence-corrected chi connectivity index (χ0v) is 7.23. The van der Waals surface area contributed by atoms with Gasteiger partial charge in [0.1, 0.15) is 0 Å². The summed E-state index contributed by atoms with van der Waals surface area (Å²) in [5, 5.41) is 0. The molecule has 0 fully saturated rings. The molecule has 0 aliphatic rings. The first kappa shape index (κ1) is 10.9. The maximum atomic E-state index is 10.2. The predicted octanol–water partition coefficient (Wildman–Crippen LogP) is 0.718. The highest BCUT2D eigenvalue weighted by Gasteiger charge is 2.02. The summed E-state index contributed by atoms with van der Waals surface area (Å²) >= 11 is 0. The Hall–Kier alpha value is -0.130. The van der Waals surface area contributed by atoms with Crippen molar-refractivity contribution in [1.29, 1.82) is 0 Å². The van der Waals surface area contributed by atoms with E-state index in [1.54, 1.807) is 0 Å². The van der Waals surface area contributed by atoms with Gasteiger partial charge in [-0.1, -0.05) is 12.8 Å². The smallest absolute Gasteiger partial charge is 0.264 e. The Morgan fingerprint density at radius 1 is 1.09 bits per heavy atom. The van der Waals surface area contributed by atoms with Crippen LogP contribution < -0.4 is 5.73 Å². The van der Waals surface area contributed by atoms with E-state index >= 15 is 0 Å². The highest BCUT2D eigenvalue weighted by molar-refractivity contribution is 7.85. The number of unbranched alkanes of at least 4 members (excludes halogenated alkanes) is 3. The fourth-order valence-corrected chi connectivity index (χ4v) is 1.33. The van der Waals surface area contributed by atoms with Crippen molar-refractivity contribution in [3.8, 4) is 0 Å². The summed E-state index contributed by atoms with van der Waals surface area (Å²) in [5.41, 5.74) is 6.79. The summed E-state index contributed by atoms with van der Waals surface area (Å²) in [6.07, 6.45) is 2.96. The van der Waals surface area contributed by atoms with E-state index in [0.29, 0.717) is 13.0 Å². The topological polar surface area (TPSA) is 78.2 Å². The van der Waals surface area contributed by atoms with Crippen molar-refractivity contribution in [3.63, 3.8) is 0 Å². The third-order valence-electron chi connectivity index (χ3n) is 1.33. The summed E-state index contributed by atoms with van der Waals surface area (Å²) in [6.45, 7) is 0.395. The zero-order chi connectivity index (χ0) is 8.74. The molecule has 0 aromatic carbocycles. The molecule has 0 unspecified atom stereocenters. The van der Waals surface area contributed by atoms with E-state index in [0.717, 1.165) is 19.3 Å². The van der Waals surface area contributed by atoms with Crippen molar-refractivity contribution in [2.24, 2.45) is 0 Å². The number of hydrogen-bond acceptors (Lipinski definition) is 2. The van der Waals surface area contributed by atoms with E-state index in [4.69, 9.17) is 10.3 Å². The molecule has 0 bridgehead atoms. The van der Waals surface area contributed by atoms with E-state index in [1.165, 1.54) is 0 Å². The molecule has 0 aliphatic carbocycles. The van der Waals surface area contributed by atoms with Gasteiger partial charge in [0.25, 0.3) is 10.1 Å². The first-order valence-corrected chi connectivity index (χ1v) is 5.27. The van der Waals surface area contributed by atoms with E-state index in [1.807, 2.05) is 0 Å². The molecule has 67 valence electrons. The van der Waals surface area contributed by atoms with Crippen molar-refractivity contribution >= 4 is 10.1 Å². The molecule has 0 aliphatic heterocycles. The van der Waals surface area contributed by atoms with E-state index < -0.39 is 10.1 Å². The third-order valence-corrected chi connectivity index (χ3v) is 2.13. The number of rotatable bonds is 6. The van der Waals surface area contributed by atoms with Crippen LogP contribution in [0.5, 0.6) is 0 Å². The van der Waals surface area contributed by atoms with Gasteiger partial charge in [-0.15, -0.1) is 0 Å². The number of hydrogen-bond donors (Lipinski definition) is 1. The molecule has 1 radical (unpaired) electrons. The second-order valence-electron chi connectivity index (χ2n) is 2.45. The van der Waals surface area contributed by atoms with Crippen LogP contribution in [-0.2, 0) is 10.1 Å². The van der Waals surface area contributed by atoms with Gasteiger partial charge in [-0.05, 0) is 12.8 Å². The minimum absolute atomic E-state index is 0.148. The van der Waals surface area contributed by atoms with Crippen LogP contribution in [0.15, 0.2) is 0 Å². The van der Waals surface area contributed by atoms with Crippen molar-refractivity contribution in [2.75, 3.05) is 12.3 Å². The summed E-state index contributed by atoms with van der Waals surface area (Å²) in [7, 11) is -3.76. The number of nitrogens with one attached hydrogen (secondary N) is 1. The summed E-state index contributed by atoms with van der Waals surface area (Å²) < 4.78 is 28.7. The van der Waals surface area contributed by atoms with Gasteiger partial charge >= 0.3 is 0 Å². The molecule has 4 nitrogen and oxygen atoms in total. The Labute approximate surface area is 67.5 Å². The van der Waals surface area contributed by atoms with Crippen molar-refractivity contribution in [2.45, 2.75) is 25.7 Å². The van der Waals surface area contributed by atoms with E-state index in [2.05, 4.69) is 0 Å². The second kappa shape index (κ2) is 5.51. The first-order chi connectivity index (χ1) is 5.06. The molecule has 0 saturated heterocycles. The van der Waals surface area contributed by atoms with Gasteiger partial charge in [-0.25, -0.2) is 0 Å². The van der Waals surface area contributed by atoms with Crippen LogP contribution >= 0.6 is 0 Å². The largest absolute Gasteiger partial charge is 0.286 e. The Morgan fingerprint density at radius 2 is 1.64 bits per heavy atom. The molecule has 0 rings (SSSR count). The standard InChI is InChI=1S/C6H14NO3S/c7-5-3-1-2-4-6-11(8,9)10/h7H,1-6H2,(H,8,9,10). The maximum Gasteiger partial charge on any atom is 0.264 e. The van der Waals surface area contributed by atoms with Crippen molar-refractivity contribution < 1.29 is 13.0 Å². The molecule has 0 aromatic rings. The fraction of sp³-hybridized carbons (Fsp3) is 1.00. The Balaban J connectivity index is 3.16. The van der Waals surface area contributed by atoms with Gasteiger partial charge in [0.2, 0.25) is 0 Å². The van der Waals surface area contributed by atoms with Crippen molar-refractivity contribution in [3.05, 3.63) is 0 Å².